The number of piperidine rings is 1. The van der Waals surface area contributed by atoms with Crippen molar-refractivity contribution in [2.24, 2.45) is 0 Å². The number of amides is 1. The average molecular weight is 412 g/mol. The van der Waals surface area contributed by atoms with Crippen LogP contribution in [0, 0.1) is 6.92 Å². The molecule has 1 amide bonds. The van der Waals surface area contributed by atoms with Gasteiger partial charge in [0.05, 0.1) is 31.0 Å². The van der Waals surface area contributed by atoms with Crippen molar-refractivity contribution in [3.05, 3.63) is 52.2 Å². The Morgan fingerprint density at radius 2 is 1.87 bits per heavy atom. The largest absolute Gasteiger partial charge is 0.490 e. The van der Waals surface area contributed by atoms with Crippen LogP contribution in [0.15, 0.2) is 24.3 Å². The van der Waals surface area contributed by atoms with Gasteiger partial charge in [-0.05, 0) is 41.8 Å². The molecule has 1 fully saturated rings. The van der Waals surface area contributed by atoms with E-state index >= 15 is 0 Å². The van der Waals surface area contributed by atoms with E-state index in [0.29, 0.717) is 19.8 Å². The second-order valence-electron chi connectivity index (χ2n) is 8.01. The zero-order valence-electron chi connectivity index (χ0n) is 17.9. The molecule has 30 heavy (non-hydrogen) atoms. The first kappa shape index (κ1) is 20.6. The number of rotatable bonds is 3. The first-order valence-electron chi connectivity index (χ1n) is 10.4. The van der Waals surface area contributed by atoms with Gasteiger partial charge in [0, 0.05) is 40.1 Å². The highest BCUT2D eigenvalue weighted by Crippen LogP contribution is 2.30. The minimum Gasteiger partial charge on any atom is -0.490 e. The number of nitrogens with zero attached hydrogens (tertiary/aromatic N) is 3. The fourth-order valence-corrected chi connectivity index (χ4v) is 4.37. The van der Waals surface area contributed by atoms with Crippen molar-refractivity contribution in [2.45, 2.75) is 45.6 Å². The first-order valence-corrected chi connectivity index (χ1v) is 10.4. The van der Waals surface area contributed by atoms with Crippen LogP contribution in [0.1, 0.15) is 45.6 Å². The lowest BCUT2D eigenvalue weighted by Crippen LogP contribution is -2.39. The van der Waals surface area contributed by atoms with Crippen LogP contribution in [0.25, 0.3) is 0 Å². The molecule has 4 heterocycles. The summed E-state index contributed by atoms with van der Waals surface area (Å²) < 4.78 is 11.7. The highest BCUT2D eigenvalue weighted by atomic mass is 16.5. The molecule has 1 N–H and O–H groups in total. The van der Waals surface area contributed by atoms with Crippen LogP contribution < -0.4 is 9.64 Å². The maximum absolute atomic E-state index is 12.2. The molecule has 7 nitrogen and oxygen atoms in total. The topological polar surface area (TPSA) is 75.1 Å². The van der Waals surface area contributed by atoms with E-state index in [1.54, 1.807) is 4.90 Å². The Morgan fingerprint density at radius 3 is 2.63 bits per heavy atom. The number of anilines is 1. The molecule has 3 aliphatic heterocycles. The molecule has 0 unspecified atom stereocenters. The number of benzene rings is 1. The molecule has 1 aromatic heterocycles. The minimum absolute atomic E-state index is 0.0732. The van der Waals surface area contributed by atoms with Crippen molar-refractivity contribution in [1.82, 2.24) is 9.88 Å². The number of aliphatic hydroxyl groups is 1. The molecular weight excluding hydrogens is 382 g/mol. The molecule has 5 rings (SSSR count). The molecule has 1 aromatic carbocycles. The first-order chi connectivity index (χ1) is 14.6. The molecule has 160 valence electrons. The zero-order chi connectivity index (χ0) is 21.3. The normalized spacial score (nSPS) is 18.1. The summed E-state index contributed by atoms with van der Waals surface area (Å²) in [6.07, 6.45) is 2.15. The van der Waals surface area contributed by atoms with Crippen molar-refractivity contribution >= 4 is 11.7 Å². The zero-order valence-corrected chi connectivity index (χ0v) is 17.9. The van der Waals surface area contributed by atoms with E-state index in [1.807, 2.05) is 20.0 Å². The van der Waals surface area contributed by atoms with Gasteiger partial charge < -0.3 is 24.4 Å². The van der Waals surface area contributed by atoms with Gasteiger partial charge >= 0.3 is 0 Å². The number of hydrogen-bond donors (Lipinski definition) is 1. The maximum atomic E-state index is 12.2. The van der Waals surface area contributed by atoms with Crippen molar-refractivity contribution in [1.29, 1.82) is 0 Å². The molecule has 3 aliphatic rings. The van der Waals surface area contributed by atoms with Crippen LogP contribution >= 0.6 is 0 Å². The molecule has 0 aliphatic carbocycles. The quantitative estimate of drug-likeness (QED) is 0.837. The van der Waals surface area contributed by atoms with Gasteiger partial charge in [0.15, 0.2) is 0 Å². The fraction of sp³-hybridized carbons (Fsp3) is 0.478. The highest BCUT2D eigenvalue weighted by molar-refractivity contribution is 5.98. The summed E-state index contributed by atoms with van der Waals surface area (Å²) >= 11 is 0. The smallest absolute Gasteiger partial charge is 0.255 e. The molecule has 0 saturated carbocycles. The van der Waals surface area contributed by atoms with Gasteiger partial charge in [-0.25, -0.2) is 4.98 Å². The number of pyridine rings is 1. The summed E-state index contributed by atoms with van der Waals surface area (Å²) in [6, 6.07) is 8.29. The van der Waals surface area contributed by atoms with Crippen molar-refractivity contribution in [3.8, 4) is 5.75 Å². The van der Waals surface area contributed by atoms with Crippen LogP contribution in [-0.4, -0.2) is 54.2 Å². The number of ether oxygens (including phenoxy) is 2. The molecular formula is C23H29N3O4. The van der Waals surface area contributed by atoms with Gasteiger partial charge in [-0.3, -0.25) is 4.79 Å². The van der Waals surface area contributed by atoms with E-state index in [0.717, 1.165) is 61.4 Å². The van der Waals surface area contributed by atoms with Gasteiger partial charge in [0.25, 0.3) is 5.91 Å². The van der Waals surface area contributed by atoms with Crippen molar-refractivity contribution < 1.29 is 19.4 Å². The Balaban J connectivity index is 0.00000106. The second kappa shape index (κ2) is 8.62. The lowest BCUT2D eigenvalue weighted by Gasteiger charge is -2.34. The molecule has 0 bridgehead atoms. The van der Waals surface area contributed by atoms with E-state index < -0.39 is 0 Å². The average Bonchev–Trinajstić information content (AvgIpc) is 3.34. The Hall–Kier alpha value is -2.64. The number of aromatic nitrogens is 1. The summed E-state index contributed by atoms with van der Waals surface area (Å²) in [5, 5.41) is 7.00. The molecule has 7 heteroatoms. The van der Waals surface area contributed by atoms with Gasteiger partial charge in [0.1, 0.15) is 17.7 Å². The number of fused-ring (bicyclic) bond motifs is 2. The van der Waals surface area contributed by atoms with E-state index in [-0.39, 0.29) is 12.0 Å². The standard InChI is InChI=1S/C22H25N3O3.CH4O/c1-14-9-19-20(11-24(2)22(19)26)23-21(14)25-7-5-17(6-8-25)28-18-4-3-15-12-27-13-16(15)10-18;1-2/h3-4,9-10,17H,5-8,11-13H2,1-2H3;2H,1H3. The van der Waals surface area contributed by atoms with Gasteiger partial charge in [-0.2, -0.15) is 0 Å². The molecule has 0 atom stereocenters. The number of hydrogen-bond acceptors (Lipinski definition) is 6. The molecule has 0 spiro atoms. The summed E-state index contributed by atoms with van der Waals surface area (Å²) in [5.41, 5.74) is 5.23. The lowest BCUT2D eigenvalue weighted by atomic mass is 10.1. The predicted octanol–water partition coefficient (Wildman–Crippen LogP) is 2.66. The Kier molecular flexibility index (Phi) is 5.92. The number of aryl methyl sites for hydroxylation is 1. The van der Waals surface area contributed by atoms with Crippen molar-refractivity contribution in [3.63, 3.8) is 0 Å². The summed E-state index contributed by atoms with van der Waals surface area (Å²) in [5.74, 6) is 2.02. The van der Waals surface area contributed by atoms with Gasteiger partial charge in [-0.1, -0.05) is 6.07 Å². The van der Waals surface area contributed by atoms with E-state index in [9.17, 15) is 4.79 Å². The van der Waals surface area contributed by atoms with Crippen LogP contribution in [0.2, 0.25) is 0 Å². The van der Waals surface area contributed by atoms with Gasteiger partial charge in [-0.15, -0.1) is 0 Å². The number of aliphatic hydroxyl groups excluding tert-OH is 1. The number of carbonyl (C=O) groups excluding carboxylic acids is 1. The molecule has 0 radical (unpaired) electrons. The monoisotopic (exact) mass is 411 g/mol. The molecule has 1 saturated heterocycles. The van der Waals surface area contributed by atoms with Crippen LogP contribution in [-0.2, 0) is 24.5 Å². The SMILES string of the molecule is CO.Cc1cc2c(nc1N1CCC(Oc3ccc4c(c3)COC4)CC1)CN(C)C2=O. The third-order valence-corrected chi connectivity index (χ3v) is 5.97. The Bertz CT molecular complexity index is 938. The number of carbonyl (C=O) groups is 1. The Labute approximate surface area is 177 Å². The minimum atomic E-state index is 0.0732. The second-order valence-corrected chi connectivity index (χ2v) is 8.01. The van der Waals surface area contributed by atoms with E-state index in [1.165, 1.54) is 11.1 Å². The summed E-state index contributed by atoms with van der Waals surface area (Å²) in [7, 11) is 2.83. The maximum Gasteiger partial charge on any atom is 0.255 e. The fourth-order valence-electron chi connectivity index (χ4n) is 4.37. The van der Waals surface area contributed by atoms with Gasteiger partial charge in [0.2, 0.25) is 0 Å². The third kappa shape index (κ3) is 3.87. The summed E-state index contributed by atoms with van der Waals surface area (Å²) in [6.45, 7) is 5.87. The highest BCUT2D eigenvalue weighted by Gasteiger charge is 2.29. The van der Waals surface area contributed by atoms with Crippen LogP contribution in [0.4, 0.5) is 5.82 Å². The van der Waals surface area contributed by atoms with Crippen molar-refractivity contribution in [2.75, 3.05) is 32.1 Å². The lowest BCUT2D eigenvalue weighted by molar-refractivity contribution is 0.0816. The molecule has 2 aromatic rings. The van der Waals surface area contributed by atoms with E-state index in [2.05, 4.69) is 23.1 Å². The Morgan fingerprint density at radius 1 is 1.13 bits per heavy atom. The third-order valence-electron chi connectivity index (χ3n) is 5.97. The van der Waals surface area contributed by atoms with E-state index in [4.69, 9.17) is 19.6 Å². The predicted molar refractivity (Wildman–Crippen MR) is 114 cm³/mol. The van der Waals surface area contributed by atoms with Crippen LogP contribution in [0.3, 0.4) is 0 Å². The summed E-state index contributed by atoms with van der Waals surface area (Å²) in [4.78, 5) is 21.1. The van der Waals surface area contributed by atoms with Crippen LogP contribution in [0.5, 0.6) is 5.75 Å².